The van der Waals surface area contributed by atoms with Crippen LogP contribution in [0.2, 0.25) is 0 Å². The second kappa shape index (κ2) is 3.23. The van der Waals surface area contributed by atoms with Crippen LogP contribution in [0.15, 0.2) is 36.5 Å². The van der Waals surface area contributed by atoms with Crippen LogP contribution in [0, 0.1) is 0 Å². The first kappa shape index (κ1) is 7.28. The van der Waals surface area contributed by atoms with Gasteiger partial charge in [0, 0.05) is 25.3 Å². The van der Waals surface area contributed by atoms with Gasteiger partial charge in [-0.25, -0.2) is 0 Å². The number of nitrogen functional groups attached to an aromatic ring is 1. The molecule has 3 heteroatoms. The molecule has 1 aromatic heterocycles. The van der Waals surface area contributed by atoms with Crippen LogP contribution >= 0.6 is 0 Å². The Bertz CT molecular complexity index is 625. The molecule has 0 spiro atoms. The van der Waals surface area contributed by atoms with Gasteiger partial charge in [0.25, 0.3) is 0 Å². The number of nitrogens with two attached hydrogens (primary N) is 1. The summed E-state index contributed by atoms with van der Waals surface area (Å²) >= 11 is 0. The monoisotopic (exact) mass is 213 g/mol. The zero-order chi connectivity index (χ0) is 12.9. The van der Waals surface area contributed by atoms with Crippen molar-refractivity contribution in [1.29, 1.82) is 0 Å². The molecule has 3 rings (SSSR count). The Balaban J connectivity index is 2.41. The van der Waals surface area contributed by atoms with Crippen LogP contribution < -0.4 is 10.6 Å². The van der Waals surface area contributed by atoms with Crippen molar-refractivity contribution in [2.24, 2.45) is 0 Å². The van der Waals surface area contributed by atoms with E-state index in [4.69, 9.17) is 8.48 Å². The van der Waals surface area contributed by atoms with Crippen LogP contribution in [-0.2, 0) is 6.50 Å². The van der Waals surface area contributed by atoms with Crippen LogP contribution in [0.1, 0.15) is 8.30 Å². The van der Waals surface area contributed by atoms with Crippen molar-refractivity contribution < 1.29 is 2.74 Å². The highest BCUT2D eigenvalue weighted by molar-refractivity contribution is 5.88. The number of para-hydroxylation sites is 1. The topological polar surface area (TPSA) is 42.1 Å². The van der Waals surface area contributed by atoms with Crippen LogP contribution in [0.4, 0.5) is 11.4 Å². The second-order valence-corrected chi connectivity index (χ2v) is 3.81. The highest BCUT2D eigenvalue weighted by Gasteiger charge is 2.21. The van der Waals surface area contributed by atoms with E-state index in [9.17, 15) is 0 Å². The van der Waals surface area contributed by atoms with Gasteiger partial charge in [-0.05, 0) is 17.7 Å². The average molecular weight is 213 g/mol. The minimum atomic E-state index is -1.61. The summed E-state index contributed by atoms with van der Waals surface area (Å²) < 4.78 is 16.5. The fourth-order valence-corrected chi connectivity index (χ4v) is 2.07. The minimum absolute atomic E-state index is 0.565. The molecule has 0 saturated heterocycles. The van der Waals surface area contributed by atoms with Crippen molar-refractivity contribution in [3.63, 3.8) is 0 Å². The van der Waals surface area contributed by atoms with Crippen molar-refractivity contribution >= 4 is 11.4 Å². The smallest absolute Gasteiger partial charge is 0.0773 e. The number of hydrogen-bond donors (Lipinski definition) is 1. The molecule has 0 fully saturated rings. The lowest BCUT2D eigenvalue weighted by molar-refractivity contribution is 0.902. The molecule has 0 radical (unpaired) electrons. The molecule has 2 heterocycles. The van der Waals surface area contributed by atoms with Gasteiger partial charge in [0.15, 0.2) is 0 Å². The van der Waals surface area contributed by atoms with Gasteiger partial charge >= 0.3 is 0 Å². The Hall–Kier alpha value is -2.03. The van der Waals surface area contributed by atoms with Gasteiger partial charge in [0.1, 0.15) is 0 Å². The molecule has 2 N–H and O–H groups in total. The maximum absolute atomic E-state index is 8.24. The summed E-state index contributed by atoms with van der Waals surface area (Å²) in [7, 11) is 1.71. The number of nitrogens with zero attached hydrogens (tertiary/aromatic N) is 2. The SMILES string of the molecule is [2H]C1([2H])c2cccnc2-c2cccc(N)c2N1C. The number of aromatic nitrogens is 1. The van der Waals surface area contributed by atoms with Crippen LogP contribution in [-0.4, -0.2) is 12.0 Å². The third-order valence-electron chi connectivity index (χ3n) is 2.75. The molecule has 80 valence electrons. The van der Waals surface area contributed by atoms with Gasteiger partial charge in [-0.3, -0.25) is 4.98 Å². The quantitative estimate of drug-likeness (QED) is 0.683. The number of anilines is 2. The molecule has 1 aliphatic heterocycles. The van der Waals surface area contributed by atoms with E-state index in [0.717, 1.165) is 5.56 Å². The van der Waals surface area contributed by atoms with Gasteiger partial charge in [-0.15, -0.1) is 0 Å². The molecule has 1 aromatic carbocycles. The normalized spacial score (nSPS) is 18.2. The summed E-state index contributed by atoms with van der Waals surface area (Å²) in [5, 5.41) is 0. The minimum Gasteiger partial charge on any atom is -0.397 e. The average Bonchev–Trinajstić information content (AvgIpc) is 2.36. The molecule has 3 nitrogen and oxygen atoms in total. The fourth-order valence-electron chi connectivity index (χ4n) is 2.07. The van der Waals surface area contributed by atoms with Crippen LogP contribution in [0.25, 0.3) is 11.3 Å². The van der Waals surface area contributed by atoms with E-state index in [0.29, 0.717) is 22.6 Å². The summed E-state index contributed by atoms with van der Waals surface area (Å²) in [6, 6.07) is 9.08. The Morgan fingerprint density at radius 1 is 1.38 bits per heavy atom. The zero-order valence-electron chi connectivity index (χ0n) is 10.9. The predicted molar refractivity (Wildman–Crippen MR) is 66.2 cm³/mol. The molecule has 0 amide bonds. The largest absolute Gasteiger partial charge is 0.397 e. The number of pyridine rings is 1. The first-order chi connectivity index (χ1) is 8.53. The summed E-state index contributed by atoms with van der Waals surface area (Å²) in [6.07, 6.45) is 1.67. The van der Waals surface area contributed by atoms with Crippen molar-refractivity contribution in [3.05, 3.63) is 42.1 Å². The van der Waals surface area contributed by atoms with E-state index < -0.39 is 6.50 Å². The number of benzene rings is 1. The van der Waals surface area contributed by atoms with E-state index in [-0.39, 0.29) is 0 Å². The summed E-state index contributed by atoms with van der Waals surface area (Å²) in [5.74, 6) is 0. The van der Waals surface area contributed by atoms with Crippen LogP contribution in [0.3, 0.4) is 0 Å². The fraction of sp³-hybridized carbons (Fsp3) is 0.154. The van der Waals surface area contributed by atoms with Gasteiger partial charge < -0.3 is 10.6 Å². The first-order valence-electron chi connectivity index (χ1n) is 6.11. The van der Waals surface area contributed by atoms with Gasteiger partial charge in [-0.2, -0.15) is 0 Å². The Kier molecular flexibility index (Phi) is 1.47. The third-order valence-corrected chi connectivity index (χ3v) is 2.75. The molecule has 0 atom stereocenters. The van der Waals surface area contributed by atoms with E-state index in [1.54, 1.807) is 36.3 Å². The number of fused-ring (bicyclic) bond motifs is 3. The number of rotatable bonds is 0. The molecule has 1 aliphatic rings. The summed E-state index contributed by atoms with van der Waals surface area (Å²) in [6.45, 7) is -1.61. The number of hydrogen-bond acceptors (Lipinski definition) is 3. The van der Waals surface area contributed by atoms with Crippen molar-refractivity contribution in [3.8, 4) is 11.3 Å². The molecule has 0 bridgehead atoms. The molecular formula is C13H13N3. The molecule has 16 heavy (non-hydrogen) atoms. The Morgan fingerprint density at radius 2 is 2.25 bits per heavy atom. The maximum atomic E-state index is 8.24. The highest BCUT2D eigenvalue weighted by Crippen LogP contribution is 2.40. The molecule has 0 unspecified atom stereocenters. The zero-order valence-corrected chi connectivity index (χ0v) is 8.94. The third kappa shape index (κ3) is 1.18. The van der Waals surface area contributed by atoms with E-state index in [1.165, 1.54) is 0 Å². The van der Waals surface area contributed by atoms with Gasteiger partial charge in [-0.1, -0.05) is 18.2 Å². The maximum Gasteiger partial charge on any atom is 0.0773 e. The van der Waals surface area contributed by atoms with Crippen LogP contribution in [0.5, 0.6) is 0 Å². The Morgan fingerprint density at radius 3 is 3.12 bits per heavy atom. The molecule has 0 aliphatic carbocycles. The predicted octanol–water partition coefficient (Wildman–Crippen LogP) is 2.28. The van der Waals surface area contributed by atoms with Crippen molar-refractivity contribution in [2.75, 3.05) is 17.7 Å². The molecule has 2 aromatic rings. The molecule has 0 saturated carbocycles. The standard InChI is InChI=1S/C13H13N3/c1-16-8-9-4-3-7-15-12(9)10-5-2-6-11(14)13(10)16/h2-7H,8,14H2,1H3/i8D2. The van der Waals surface area contributed by atoms with E-state index in [1.807, 2.05) is 12.1 Å². The highest BCUT2D eigenvalue weighted by atomic mass is 15.1. The van der Waals surface area contributed by atoms with Crippen molar-refractivity contribution in [1.82, 2.24) is 4.98 Å². The first-order valence-corrected chi connectivity index (χ1v) is 5.11. The Labute approximate surface area is 97.3 Å². The van der Waals surface area contributed by atoms with Gasteiger partial charge in [0.05, 0.1) is 19.8 Å². The van der Waals surface area contributed by atoms with Gasteiger partial charge in [0.2, 0.25) is 0 Å². The van der Waals surface area contributed by atoms with E-state index >= 15 is 0 Å². The summed E-state index contributed by atoms with van der Waals surface area (Å²) in [4.78, 5) is 5.88. The second-order valence-electron chi connectivity index (χ2n) is 3.81. The van der Waals surface area contributed by atoms with E-state index in [2.05, 4.69) is 4.98 Å². The van der Waals surface area contributed by atoms with Crippen molar-refractivity contribution in [2.45, 2.75) is 6.50 Å². The lowest BCUT2D eigenvalue weighted by Gasteiger charge is -2.29. The lowest BCUT2D eigenvalue weighted by atomic mass is 9.98. The summed E-state index contributed by atoms with van der Waals surface area (Å²) in [5.41, 5.74) is 9.36. The molecular weight excluding hydrogens is 198 g/mol. The lowest BCUT2D eigenvalue weighted by Crippen LogP contribution is -2.23.